The first-order valence-electron chi connectivity index (χ1n) is 11.4. The molecule has 0 radical (unpaired) electrons. The fourth-order valence-corrected chi connectivity index (χ4v) is 5.90. The SMILES string of the molecule is Cn1nc(-c2ccccc2)c(-c2ccccc2)c(C(=O)Nc2sc3c(c2C(N)=O)CCCC3)c1=O. The Morgan fingerprint density at radius 3 is 2.23 bits per heavy atom. The van der Waals surface area contributed by atoms with Crippen LogP contribution in [0.1, 0.15) is 44.0 Å². The number of carbonyl (C=O) groups excluding carboxylic acids is 2. The summed E-state index contributed by atoms with van der Waals surface area (Å²) in [6.07, 6.45) is 3.61. The van der Waals surface area contributed by atoms with Crippen LogP contribution in [-0.2, 0) is 19.9 Å². The first-order valence-corrected chi connectivity index (χ1v) is 12.2. The van der Waals surface area contributed by atoms with Crippen molar-refractivity contribution in [2.24, 2.45) is 12.8 Å². The van der Waals surface area contributed by atoms with E-state index in [1.54, 1.807) is 0 Å². The van der Waals surface area contributed by atoms with Gasteiger partial charge in [0.05, 0.1) is 11.3 Å². The summed E-state index contributed by atoms with van der Waals surface area (Å²) in [5.74, 6) is -1.17. The number of hydrogen-bond donors (Lipinski definition) is 2. The molecule has 0 fully saturated rings. The number of hydrogen-bond acceptors (Lipinski definition) is 5. The van der Waals surface area contributed by atoms with Gasteiger partial charge < -0.3 is 11.1 Å². The van der Waals surface area contributed by atoms with Gasteiger partial charge in [0.15, 0.2) is 0 Å². The predicted molar refractivity (Wildman–Crippen MR) is 138 cm³/mol. The molecular weight excluding hydrogens is 460 g/mol. The fraction of sp³-hybridized carbons (Fsp3) is 0.185. The molecule has 2 heterocycles. The van der Waals surface area contributed by atoms with E-state index >= 15 is 0 Å². The number of aryl methyl sites for hydroxylation is 2. The van der Waals surface area contributed by atoms with E-state index in [-0.39, 0.29) is 5.56 Å². The molecule has 0 atom stereocenters. The lowest BCUT2D eigenvalue weighted by Gasteiger charge is -2.16. The standard InChI is InChI=1S/C27H24N4O3S/c1-31-27(34)22(25(33)29-26-21(24(28)32)18-14-8-9-15-19(18)35-26)20(16-10-4-2-5-11-16)23(30-31)17-12-6-3-7-13-17/h2-7,10-13H,8-9,14-15H2,1H3,(H2,28,32)(H,29,33). The van der Waals surface area contributed by atoms with Crippen molar-refractivity contribution >= 4 is 28.2 Å². The van der Waals surface area contributed by atoms with Crippen molar-refractivity contribution in [2.75, 3.05) is 5.32 Å². The third-order valence-electron chi connectivity index (χ3n) is 6.23. The zero-order valence-electron chi connectivity index (χ0n) is 19.2. The molecule has 35 heavy (non-hydrogen) atoms. The molecule has 1 aliphatic carbocycles. The van der Waals surface area contributed by atoms with Crippen LogP contribution in [-0.4, -0.2) is 21.6 Å². The third-order valence-corrected chi connectivity index (χ3v) is 7.43. The lowest BCUT2D eigenvalue weighted by molar-refractivity contribution is 0.100. The summed E-state index contributed by atoms with van der Waals surface area (Å²) in [6.45, 7) is 0. The lowest BCUT2D eigenvalue weighted by atomic mass is 9.94. The number of anilines is 1. The molecule has 5 rings (SSSR count). The zero-order chi connectivity index (χ0) is 24.5. The fourth-order valence-electron chi connectivity index (χ4n) is 4.61. The maximum absolute atomic E-state index is 13.8. The maximum Gasteiger partial charge on any atom is 0.280 e. The number of aromatic nitrogens is 2. The normalized spacial score (nSPS) is 12.7. The maximum atomic E-state index is 13.8. The predicted octanol–water partition coefficient (Wildman–Crippen LogP) is 4.41. The van der Waals surface area contributed by atoms with Gasteiger partial charge in [-0.15, -0.1) is 11.3 Å². The van der Waals surface area contributed by atoms with Gasteiger partial charge in [-0.2, -0.15) is 5.10 Å². The highest BCUT2D eigenvalue weighted by Crippen LogP contribution is 2.39. The first-order chi connectivity index (χ1) is 17.0. The van der Waals surface area contributed by atoms with E-state index in [4.69, 9.17) is 5.73 Å². The second-order valence-corrected chi connectivity index (χ2v) is 9.60. The van der Waals surface area contributed by atoms with Gasteiger partial charge in [-0.3, -0.25) is 14.4 Å². The number of rotatable bonds is 5. The van der Waals surface area contributed by atoms with Gasteiger partial charge in [-0.05, 0) is 36.8 Å². The molecule has 7 nitrogen and oxygen atoms in total. The van der Waals surface area contributed by atoms with Crippen molar-refractivity contribution < 1.29 is 9.59 Å². The van der Waals surface area contributed by atoms with Crippen LogP contribution in [0.2, 0.25) is 0 Å². The Morgan fingerprint density at radius 1 is 0.943 bits per heavy atom. The van der Waals surface area contributed by atoms with Crippen molar-refractivity contribution in [1.29, 1.82) is 0 Å². The van der Waals surface area contributed by atoms with E-state index in [2.05, 4.69) is 10.4 Å². The van der Waals surface area contributed by atoms with Crippen LogP contribution >= 0.6 is 11.3 Å². The van der Waals surface area contributed by atoms with Gasteiger partial charge in [0.25, 0.3) is 17.4 Å². The van der Waals surface area contributed by atoms with Gasteiger partial charge in [0.2, 0.25) is 0 Å². The molecule has 2 aromatic heterocycles. The Balaban J connectivity index is 1.70. The Kier molecular flexibility index (Phi) is 6.05. The molecule has 0 saturated heterocycles. The topological polar surface area (TPSA) is 107 Å². The van der Waals surface area contributed by atoms with Crippen LogP contribution in [0.5, 0.6) is 0 Å². The van der Waals surface area contributed by atoms with Gasteiger partial charge >= 0.3 is 0 Å². The number of thiophene rings is 1. The molecule has 0 spiro atoms. The summed E-state index contributed by atoms with van der Waals surface area (Å²) < 4.78 is 1.18. The van der Waals surface area contributed by atoms with Crippen molar-refractivity contribution in [2.45, 2.75) is 25.7 Å². The van der Waals surface area contributed by atoms with Crippen LogP contribution in [0, 0.1) is 0 Å². The highest BCUT2D eigenvalue weighted by Gasteiger charge is 2.28. The minimum absolute atomic E-state index is 0.0330. The summed E-state index contributed by atoms with van der Waals surface area (Å²) in [5.41, 5.74) is 8.86. The minimum atomic E-state index is -0.592. The van der Waals surface area contributed by atoms with Crippen molar-refractivity contribution in [3.63, 3.8) is 0 Å². The number of primary amides is 1. The van der Waals surface area contributed by atoms with Crippen LogP contribution in [0.25, 0.3) is 22.4 Å². The Bertz CT molecular complexity index is 1490. The number of nitrogens with two attached hydrogens (primary N) is 1. The number of benzene rings is 2. The lowest BCUT2D eigenvalue weighted by Crippen LogP contribution is -2.31. The van der Waals surface area contributed by atoms with Crippen molar-refractivity contribution in [3.8, 4) is 22.4 Å². The Hall–Kier alpha value is -4.04. The van der Waals surface area contributed by atoms with Crippen molar-refractivity contribution in [1.82, 2.24) is 9.78 Å². The molecule has 0 aliphatic heterocycles. The van der Waals surface area contributed by atoms with Crippen molar-refractivity contribution in [3.05, 3.63) is 92.6 Å². The Morgan fingerprint density at radius 2 is 1.57 bits per heavy atom. The highest BCUT2D eigenvalue weighted by atomic mass is 32.1. The second-order valence-electron chi connectivity index (χ2n) is 8.49. The number of nitrogens with zero attached hydrogens (tertiary/aromatic N) is 2. The van der Waals surface area contributed by atoms with E-state index in [0.29, 0.717) is 27.4 Å². The molecule has 0 saturated carbocycles. The number of fused-ring (bicyclic) bond motifs is 1. The molecule has 176 valence electrons. The molecule has 0 bridgehead atoms. The molecule has 2 amide bonds. The summed E-state index contributed by atoms with van der Waals surface area (Å²) in [5, 5.41) is 7.78. The monoisotopic (exact) mass is 484 g/mol. The molecular formula is C27H24N4O3S. The first kappa shape index (κ1) is 22.7. The molecule has 2 aromatic carbocycles. The molecule has 1 aliphatic rings. The average Bonchev–Trinajstić information content (AvgIpc) is 3.24. The van der Waals surface area contributed by atoms with E-state index in [9.17, 15) is 14.4 Å². The van der Waals surface area contributed by atoms with E-state index in [0.717, 1.165) is 41.7 Å². The van der Waals surface area contributed by atoms with E-state index in [1.165, 1.54) is 23.1 Å². The molecule has 3 N–H and O–H groups in total. The van der Waals surface area contributed by atoms with E-state index < -0.39 is 17.4 Å². The number of amides is 2. The van der Waals surface area contributed by atoms with Crippen LogP contribution in [0.4, 0.5) is 5.00 Å². The molecule has 8 heteroatoms. The van der Waals surface area contributed by atoms with Crippen LogP contribution in [0.3, 0.4) is 0 Å². The minimum Gasteiger partial charge on any atom is -0.365 e. The van der Waals surface area contributed by atoms with Gasteiger partial charge in [-0.1, -0.05) is 60.7 Å². The largest absolute Gasteiger partial charge is 0.365 e. The van der Waals surface area contributed by atoms with Crippen LogP contribution < -0.4 is 16.6 Å². The van der Waals surface area contributed by atoms with Gasteiger partial charge in [0, 0.05) is 23.1 Å². The van der Waals surface area contributed by atoms with Gasteiger partial charge in [0.1, 0.15) is 10.6 Å². The summed E-state index contributed by atoms with van der Waals surface area (Å²) in [4.78, 5) is 40.5. The average molecular weight is 485 g/mol. The van der Waals surface area contributed by atoms with E-state index in [1.807, 2.05) is 60.7 Å². The number of carbonyl (C=O) groups is 2. The zero-order valence-corrected chi connectivity index (χ0v) is 20.0. The molecule has 0 unspecified atom stereocenters. The Labute approximate surface area is 206 Å². The smallest absolute Gasteiger partial charge is 0.280 e. The molecule has 4 aromatic rings. The summed E-state index contributed by atoms with van der Waals surface area (Å²) >= 11 is 1.37. The number of nitrogens with one attached hydrogen (secondary N) is 1. The quantitative estimate of drug-likeness (QED) is 0.438. The summed E-state index contributed by atoms with van der Waals surface area (Å²) in [7, 11) is 1.53. The third kappa shape index (κ3) is 4.17. The highest BCUT2D eigenvalue weighted by molar-refractivity contribution is 7.17. The summed E-state index contributed by atoms with van der Waals surface area (Å²) in [6, 6.07) is 18.7. The van der Waals surface area contributed by atoms with Gasteiger partial charge in [-0.25, -0.2) is 4.68 Å². The second kappa shape index (κ2) is 9.31. The van der Waals surface area contributed by atoms with Crippen LogP contribution in [0.15, 0.2) is 65.5 Å².